The number of methoxy groups -OCH3 is 1. The van der Waals surface area contributed by atoms with Crippen molar-refractivity contribution in [3.63, 3.8) is 0 Å². The molecule has 4 unspecified atom stereocenters. The van der Waals surface area contributed by atoms with Gasteiger partial charge in [-0.3, -0.25) is 10.2 Å². The van der Waals surface area contributed by atoms with Gasteiger partial charge in [0.05, 0.1) is 18.3 Å². The van der Waals surface area contributed by atoms with Crippen LogP contribution in [0.15, 0.2) is 12.3 Å². The molecular weight excluding hydrogens is 286 g/mol. The van der Waals surface area contributed by atoms with Crippen LogP contribution < -0.4 is 5.32 Å². The van der Waals surface area contributed by atoms with Crippen LogP contribution in [0.1, 0.15) is 47.5 Å². The zero-order valence-corrected chi connectivity index (χ0v) is 17.0. The first-order chi connectivity index (χ1) is 10.7. The lowest BCUT2D eigenvalue weighted by atomic mass is 9.91. The molecule has 0 aliphatic heterocycles. The largest absolute Gasteiger partial charge is 0.379 e. The van der Waals surface area contributed by atoms with Crippen LogP contribution in [0.2, 0.25) is 0 Å². The fourth-order valence-electron chi connectivity index (χ4n) is 3.36. The van der Waals surface area contributed by atoms with E-state index in [2.05, 4.69) is 77.5 Å². The summed E-state index contributed by atoms with van der Waals surface area (Å²) < 4.78 is 5.75. The predicted octanol–water partition coefficient (Wildman–Crippen LogP) is 3.40. The number of rotatable bonds is 12. The maximum Gasteiger partial charge on any atom is 0.0774 e. The van der Waals surface area contributed by atoms with Gasteiger partial charge in [-0.05, 0) is 32.4 Å². The minimum atomic E-state index is 0.237. The smallest absolute Gasteiger partial charge is 0.0774 e. The lowest BCUT2D eigenvalue weighted by Crippen LogP contribution is -2.50. The Morgan fingerprint density at radius 2 is 1.65 bits per heavy atom. The van der Waals surface area contributed by atoms with Gasteiger partial charge >= 0.3 is 0 Å². The zero-order chi connectivity index (χ0) is 18.2. The molecule has 4 nitrogen and oxygen atoms in total. The quantitative estimate of drug-likeness (QED) is 0.556. The summed E-state index contributed by atoms with van der Waals surface area (Å²) in [7, 11) is 8.20. The van der Waals surface area contributed by atoms with Crippen LogP contribution in [0.5, 0.6) is 0 Å². The summed E-state index contributed by atoms with van der Waals surface area (Å²) >= 11 is 0. The zero-order valence-electron chi connectivity index (χ0n) is 17.0. The Hall–Kier alpha value is -0.580. The van der Waals surface area contributed by atoms with Crippen LogP contribution in [0.3, 0.4) is 0 Å². The number of nitrogens with zero attached hydrogens (tertiary/aromatic N) is 2. The Morgan fingerprint density at radius 3 is 2.00 bits per heavy atom. The molecule has 0 bridgehead atoms. The molecule has 0 amide bonds. The monoisotopic (exact) mass is 327 g/mol. The van der Waals surface area contributed by atoms with E-state index in [-0.39, 0.29) is 6.10 Å². The van der Waals surface area contributed by atoms with E-state index in [0.29, 0.717) is 24.0 Å². The number of hydrogen-bond acceptors (Lipinski definition) is 4. The van der Waals surface area contributed by atoms with E-state index in [1.807, 2.05) is 7.11 Å². The van der Waals surface area contributed by atoms with E-state index in [1.54, 1.807) is 0 Å². The molecule has 4 atom stereocenters. The first-order valence-electron chi connectivity index (χ1n) is 9.04. The maximum atomic E-state index is 5.75. The molecule has 0 aliphatic rings. The second kappa shape index (κ2) is 11.1. The number of nitrogens with one attached hydrogen (secondary N) is 1. The summed E-state index contributed by atoms with van der Waals surface area (Å²) in [5, 5.41) is 3.63. The second-order valence-corrected chi connectivity index (χ2v) is 7.27. The fourth-order valence-corrected chi connectivity index (χ4v) is 3.36. The van der Waals surface area contributed by atoms with Crippen molar-refractivity contribution in [2.24, 2.45) is 11.8 Å². The molecule has 0 fully saturated rings. The Bertz CT molecular complexity index is 319. The van der Waals surface area contributed by atoms with Gasteiger partial charge < -0.3 is 9.64 Å². The van der Waals surface area contributed by atoms with Crippen LogP contribution in [-0.4, -0.2) is 62.9 Å². The normalized spacial score (nSPS) is 17.2. The molecule has 138 valence electrons. The summed E-state index contributed by atoms with van der Waals surface area (Å²) in [4.78, 5) is 4.56. The topological polar surface area (TPSA) is 27.7 Å². The Labute approximate surface area is 145 Å². The SMILES string of the molecule is C=C(CNC(C(C)C)N(C)C)N(C)C(C(C)CC)C(CC)OC. The van der Waals surface area contributed by atoms with Crippen LogP contribution in [0.25, 0.3) is 0 Å². The van der Waals surface area contributed by atoms with Crippen molar-refractivity contribution in [1.82, 2.24) is 15.1 Å². The predicted molar refractivity (Wildman–Crippen MR) is 102 cm³/mol. The molecule has 0 saturated heterocycles. The molecule has 23 heavy (non-hydrogen) atoms. The molecular formula is C19H41N3O. The van der Waals surface area contributed by atoms with Crippen molar-refractivity contribution < 1.29 is 4.74 Å². The lowest BCUT2D eigenvalue weighted by Gasteiger charge is -2.40. The molecule has 0 aliphatic carbocycles. The van der Waals surface area contributed by atoms with Crippen LogP contribution >= 0.6 is 0 Å². The lowest BCUT2D eigenvalue weighted by molar-refractivity contribution is 0.00829. The molecule has 0 spiro atoms. The number of hydrogen-bond donors (Lipinski definition) is 1. The highest BCUT2D eigenvalue weighted by atomic mass is 16.5. The molecule has 0 heterocycles. The van der Waals surface area contributed by atoms with E-state index < -0.39 is 0 Å². The number of likely N-dealkylation sites (N-methyl/N-ethyl adjacent to an activating group) is 1. The highest BCUT2D eigenvalue weighted by Crippen LogP contribution is 2.23. The summed E-state index contributed by atoms with van der Waals surface area (Å²) in [6.07, 6.45) is 2.75. The average Bonchev–Trinajstić information content (AvgIpc) is 2.50. The summed E-state index contributed by atoms with van der Waals surface area (Å²) in [6, 6.07) is 0.362. The van der Waals surface area contributed by atoms with Crippen molar-refractivity contribution >= 4 is 0 Å². The van der Waals surface area contributed by atoms with Crippen LogP contribution in [0.4, 0.5) is 0 Å². The average molecular weight is 328 g/mol. The van der Waals surface area contributed by atoms with Crippen LogP contribution in [-0.2, 0) is 4.74 Å². The molecule has 0 aromatic rings. The molecule has 0 rings (SSSR count). The summed E-state index contributed by atoms with van der Waals surface area (Å²) in [5.41, 5.74) is 1.12. The molecule has 4 heteroatoms. The third-order valence-corrected chi connectivity index (χ3v) is 4.96. The van der Waals surface area contributed by atoms with Gasteiger partial charge in [0.15, 0.2) is 0 Å². The van der Waals surface area contributed by atoms with Gasteiger partial charge in [-0.15, -0.1) is 0 Å². The minimum absolute atomic E-state index is 0.237. The third kappa shape index (κ3) is 6.82. The van der Waals surface area contributed by atoms with Gasteiger partial charge in [0.2, 0.25) is 0 Å². The molecule has 0 aromatic heterocycles. The molecule has 0 aromatic carbocycles. The van der Waals surface area contributed by atoms with E-state index >= 15 is 0 Å². The maximum absolute atomic E-state index is 5.75. The summed E-state index contributed by atoms with van der Waals surface area (Å²) in [5.74, 6) is 1.12. The highest BCUT2D eigenvalue weighted by Gasteiger charge is 2.29. The van der Waals surface area contributed by atoms with E-state index in [4.69, 9.17) is 4.74 Å². The Kier molecular flexibility index (Phi) is 10.8. The van der Waals surface area contributed by atoms with Crippen molar-refractivity contribution in [3.8, 4) is 0 Å². The summed E-state index contributed by atoms with van der Waals surface area (Å²) in [6.45, 7) is 16.3. The molecule has 0 radical (unpaired) electrons. The van der Waals surface area contributed by atoms with E-state index in [1.165, 1.54) is 0 Å². The Balaban J connectivity index is 4.93. The fraction of sp³-hybridized carbons (Fsp3) is 0.895. The highest BCUT2D eigenvalue weighted by molar-refractivity contribution is 5.01. The minimum Gasteiger partial charge on any atom is -0.379 e. The van der Waals surface area contributed by atoms with E-state index in [9.17, 15) is 0 Å². The van der Waals surface area contributed by atoms with E-state index in [0.717, 1.165) is 25.1 Å². The van der Waals surface area contributed by atoms with Gasteiger partial charge in [0.25, 0.3) is 0 Å². The van der Waals surface area contributed by atoms with Crippen molar-refractivity contribution in [2.45, 2.75) is 65.8 Å². The Morgan fingerprint density at radius 1 is 1.09 bits per heavy atom. The standard InChI is InChI=1S/C19H41N3O/c1-11-15(5)18(17(12-2)23-10)22(9)16(6)13-20-19(14(3)4)21(7)8/h14-15,17-20H,6,11-13H2,1-5,7-10H3. The molecule has 1 N–H and O–H groups in total. The second-order valence-electron chi connectivity index (χ2n) is 7.27. The van der Waals surface area contributed by atoms with Gasteiger partial charge in [0, 0.05) is 26.4 Å². The van der Waals surface area contributed by atoms with Gasteiger partial charge in [-0.25, -0.2) is 0 Å². The third-order valence-electron chi connectivity index (χ3n) is 4.96. The first kappa shape index (κ1) is 22.4. The van der Waals surface area contributed by atoms with Gasteiger partial charge in [0.1, 0.15) is 0 Å². The van der Waals surface area contributed by atoms with Crippen molar-refractivity contribution in [3.05, 3.63) is 12.3 Å². The number of ether oxygens (including phenoxy) is 1. The first-order valence-corrected chi connectivity index (χ1v) is 9.04. The van der Waals surface area contributed by atoms with Crippen LogP contribution in [0, 0.1) is 11.8 Å². The van der Waals surface area contributed by atoms with Gasteiger partial charge in [-0.1, -0.05) is 47.6 Å². The van der Waals surface area contributed by atoms with Crippen molar-refractivity contribution in [2.75, 3.05) is 34.8 Å². The molecule has 0 saturated carbocycles. The van der Waals surface area contributed by atoms with Gasteiger partial charge in [-0.2, -0.15) is 0 Å². The van der Waals surface area contributed by atoms with Crippen molar-refractivity contribution in [1.29, 1.82) is 0 Å².